The summed E-state index contributed by atoms with van der Waals surface area (Å²) in [6, 6.07) is 7.61. The fourth-order valence-electron chi connectivity index (χ4n) is 4.08. The standard InChI is InChI=1S/C22H22FN7O2/c1-15-19(11-29-14-24-13-26-29)22-25-8-6-20(30(22)27-15)16-7-9-28(10-16)21(31)12-32-18-4-2-17(23)3-5-18/h2-6,8,13-14,16H,7,9-12H2,1H3/t16-/m1/s1. The Morgan fingerprint density at radius 3 is 2.88 bits per heavy atom. The molecule has 9 nitrogen and oxygen atoms in total. The number of hydrogen-bond acceptors (Lipinski definition) is 6. The number of hydrogen-bond donors (Lipinski definition) is 0. The third kappa shape index (κ3) is 3.91. The molecule has 1 amide bonds. The Morgan fingerprint density at radius 1 is 1.25 bits per heavy atom. The Bertz CT molecular complexity index is 1240. The van der Waals surface area contributed by atoms with Crippen molar-refractivity contribution < 1.29 is 13.9 Å². The van der Waals surface area contributed by atoms with Crippen molar-refractivity contribution in [3.05, 3.63) is 72.0 Å². The van der Waals surface area contributed by atoms with E-state index in [4.69, 9.17) is 9.84 Å². The summed E-state index contributed by atoms with van der Waals surface area (Å²) in [5.74, 6) is 0.186. The van der Waals surface area contributed by atoms with E-state index < -0.39 is 0 Å². The van der Waals surface area contributed by atoms with Gasteiger partial charge in [0.1, 0.15) is 24.2 Å². The van der Waals surface area contributed by atoms with E-state index in [1.807, 2.05) is 17.5 Å². The maximum atomic E-state index is 13.0. The summed E-state index contributed by atoms with van der Waals surface area (Å²) in [7, 11) is 0. The van der Waals surface area contributed by atoms with Crippen LogP contribution in [0.1, 0.15) is 29.3 Å². The summed E-state index contributed by atoms with van der Waals surface area (Å²) in [5, 5.41) is 8.90. The van der Waals surface area contributed by atoms with Crippen LogP contribution in [0.2, 0.25) is 0 Å². The van der Waals surface area contributed by atoms with Gasteiger partial charge in [0.2, 0.25) is 0 Å². The van der Waals surface area contributed by atoms with Crippen molar-refractivity contribution in [2.45, 2.75) is 25.8 Å². The predicted octanol–water partition coefficient (Wildman–Crippen LogP) is 2.21. The van der Waals surface area contributed by atoms with Crippen molar-refractivity contribution in [3.63, 3.8) is 0 Å². The Kier molecular flexibility index (Phi) is 5.26. The highest BCUT2D eigenvalue weighted by Gasteiger charge is 2.30. The number of carbonyl (C=O) groups is 1. The normalized spacial score (nSPS) is 16.1. The van der Waals surface area contributed by atoms with Gasteiger partial charge in [-0.25, -0.2) is 23.6 Å². The molecule has 1 aromatic carbocycles. The second-order valence-electron chi connectivity index (χ2n) is 7.83. The smallest absolute Gasteiger partial charge is 0.260 e. The molecule has 0 N–H and O–H groups in total. The topological polar surface area (TPSA) is 90.4 Å². The van der Waals surface area contributed by atoms with Gasteiger partial charge in [0.25, 0.3) is 5.91 Å². The van der Waals surface area contributed by atoms with Gasteiger partial charge >= 0.3 is 0 Å². The average Bonchev–Trinajstić information content (AvgIpc) is 3.54. The molecule has 0 unspecified atom stereocenters. The Hall–Kier alpha value is -3.82. The largest absolute Gasteiger partial charge is 0.484 e. The van der Waals surface area contributed by atoms with Gasteiger partial charge in [-0.05, 0) is 43.7 Å². The van der Waals surface area contributed by atoms with Crippen LogP contribution in [0.5, 0.6) is 5.75 Å². The number of nitrogens with zero attached hydrogens (tertiary/aromatic N) is 7. The fraction of sp³-hybridized carbons (Fsp3) is 0.318. The quantitative estimate of drug-likeness (QED) is 0.461. The molecule has 32 heavy (non-hydrogen) atoms. The monoisotopic (exact) mass is 435 g/mol. The Balaban J connectivity index is 1.29. The first kappa shape index (κ1) is 20.1. The van der Waals surface area contributed by atoms with Crippen LogP contribution in [-0.2, 0) is 11.3 Å². The number of benzene rings is 1. The summed E-state index contributed by atoms with van der Waals surface area (Å²) in [6.07, 6.45) is 5.79. The third-order valence-electron chi connectivity index (χ3n) is 5.77. The number of carbonyl (C=O) groups excluding carboxylic acids is 1. The first-order valence-electron chi connectivity index (χ1n) is 10.4. The number of halogens is 1. The molecule has 0 spiro atoms. The maximum Gasteiger partial charge on any atom is 0.260 e. The molecule has 0 radical (unpaired) electrons. The Labute approximate surface area is 183 Å². The second-order valence-corrected chi connectivity index (χ2v) is 7.83. The van der Waals surface area contributed by atoms with Crippen molar-refractivity contribution in [2.75, 3.05) is 19.7 Å². The molecule has 0 aliphatic carbocycles. The van der Waals surface area contributed by atoms with Gasteiger partial charge in [0.05, 0.1) is 17.9 Å². The lowest BCUT2D eigenvalue weighted by Crippen LogP contribution is -2.33. The molecule has 1 saturated heterocycles. The molecule has 5 rings (SSSR count). The molecule has 4 heterocycles. The molecule has 4 aromatic rings. The van der Waals surface area contributed by atoms with E-state index in [2.05, 4.69) is 15.1 Å². The molecule has 3 aromatic heterocycles. The van der Waals surface area contributed by atoms with Gasteiger partial charge in [-0.15, -0.1) is 0 Å². The molecule has 1 fully saturated rings. The van der Waals surface area contributed by atoms with E-state index >= 15 is 0 Å². The maximum absolute atomic E-state index is 13.0. The van der Waals surface area contributed by atoms with Gasteiger partial charge in [-0.1, -0.05) is 0 Å². The van der Waals surface area contributed by atoms with E-state index in [0.29, 0.717) is 25.4 Å². The zero-order valence-electron chi connectivity index (χ0n) is 17.6. The average molecular weight is 435 g/mol. The second kappa shape index (κ2) is 8.37. The molecule has 1 aliphatic heterocycles. The highest BCUT2D eigenvalue weighted by atomic mass is 19.1. The van der Waals surface area contributed by atoms with Crippen LogP contribution in [0.3, 0.4) is 0 Å². The number of aryl methyl sites for hydroxylation is 1. The van der Waals surface area contributed by atoms with Gasteiger partial charge in [-0.3, -0.25) is 4.79 Å². The number of amides is 1. The minimum Gasteiger partial charge on any atom is -0.484 e. The molecule has 1 atom stereocenters. The molecule has 1 aliphatic rings. The Morgan fingerprint density at radius 2 is 2.09 bits per heavy atom. The molecular formula is C22H22FN7O2. The first-order valence-corrected chi connectivity index (χ1v) is 10.4. The van der Waals surface area contributed by atoms with Crippen LogP contribution in [0, 0.1) is 12.7 Å². The molecule has 0 saturated carbocycles. The number of aromatic nitrogens is 6. The van der Waals surface area contributed by atoms with Crippen LogP contribution in [-0.4, -0.2) is 59.9 Å². The lowest BCUT2D eigenvalue weighted by Gasteiger charge is -2.17. The van der Waals surface area contributed by atoms with Gasteiger partial charge in [-0.2, -0.15) is 10.2 Å². The van der Waals surface area contributed by atoms with E-state index in [-0.39, 0.29) is 24.2 Å². The highest BCUT2D eigenvalue weighted by molar-refractivity contribution is 5.78. The summed E-state index contributed by atoms with van der Waals surface area (Å²) in [5.41, 5.74) is 3.70. The van der Waals surface area contributed by atoms with E-state index in [1.54, 1.807) is 22.1 Å². The van der Waals surface area contributed by atoms with Crippen LogP contribution < -0.4 is 4.74 Å². The number of rotatable bonds is 6. The van der Waals surface area contributed by atoms with E-state index in [9.17, 15) is 9.18 Å². The molecule has 10 heteroatoms. The van der Waals surface area contributed by atoms with Crippen LogP contribution >= 0.6 is 0 Å². The van der Waals surface area contributed by atoms with Crippen molar-refractivity contribution >= 4 is 11.6 Å². The van der Waals surface area contributed by atoms with E-state index in [0.717, 1.165) is 29.0 Å². The van der Waals surface area contributed by atoms with Crippen molar-refractivity contribution in [3.8, 4) is 5.75 Å². The van der Waals surface area contributed by atoms with Gasteiger partial charge in [0, 0.05) is 30.8 Å². The summed E-state index contributed by atoms with van der Waals surface area (Å²) >= 11 is 0. The molecule has 0 bridgehead atoms. The van der Waals surface area contributed by atoms with Gasteiger partial charge < -0.3 is 9.64 Å². The number of fused-ring (bicyclic) bond motifs is 1. The first-order chi connectivity index (χ1) is 15.6. The van der Waals surface area contributed by atoms with Crippen molar-refractivity contribution in [1.82, 2.24) is 34.3 Å². The van der Waals surface area contributed by atoms with E-state index in [1.165, 1.54) is 30.6 Å². The van der Waals surface area contributed by atoms with Crippen molar-refractivity contribution in [2.24, 2.45) is 0 Å². The highest BCUT2D eigenvalue weighted by Crippen LogP contribution is 2.28. The molecule has 164 valence electrons. The lowest BCUT2D eigenvalue weighted by atomic mass is 10.0. The minimum absolute atomic E-state index is 0.0763. The summed E-state index contributed by atoms with van der Waals surface area (Å²) in [4.78, 5) is 23.0. The van der Waals surface area contributed by atoms with Crippen molar-refractivity contribution in [1.29, 1.82) is 0 Å². The number of likely N-dealkylation sites (tertiary alicyclic amines) is 1. The molecular weight excluding hydrogens is 413 g/mol. The minimum atomic E-state index is -0.340. The zero-order chi connectivity index (χ0) is 22.1. The van der Waals surface area contributed by atoms with Crippen LogP contribution in [0.15, 0.2) is 49.2 Å². The van der Waals surface area contributed by atoms with Gasteiger partial charge in [0.15, 0.2) is 12.3 Å². The van der Waals surface area contributed by atoms with Crippen LogP contribution in [0.4, 0.5) is 4.39 Å². The SMILES string of the molecule is Cc1nn2c([C@@H]3CCN(C(=O)COc4ccc(F)cc4)C3)ccnc2c1Cn1cncn1. The fourth-order valence-corrected chi connectivity index (χ4v) is 4.08. The number of ether oxygens (including phenoxy) is 1. The zero-order valence-corrected chi connectivity index (χ0v) is 17.6. The third-order valence-corrected chi connectivity index (χ3v) is 5.77. The summed E-state index contributed by atoms with van der Waals surface area (Å²) in [6.45, 7) is 3.66. The summed E-state index contributed by atoms with van der Waals surface area (Å²) < 4.78 is 22.2. The lowest BCUT2D eigenvalue weighted by molar-refractivity contribution is -0.132. The van der Waals surface area contributed by atoms with Crippen LogP contribution in [0.25, 0.3) is 5.65 Å². The predicted molar refractivity (Wildman–Crippen MR) is 113 cm³/mol.